The van der Waals surface area contributed by atoms with E-state index in [0.717, 1.165) is 12.0 Å². The fraction of sp³-hybridized carbons (Fsp3) is 0.417. The van der Waals surface area contributed by atoms with Gasteiger partial charge in [0.15, 0.2) is 0 Å². The van der Waals surface area contributed by atoms with E-state index in [4.69, 9.17) is 9.84 Å². The van der Waals surface area contributed by atoms with Gasteiger partial charge in [-0.05, 0) is 24.1 Å². The van der Waals surface area contributed by atoms with Gasteiger partial charge in [0.05, 0.1) is 12.5 Å². The number of hydrogen-bond acceptors (Lipinski definition) is 3. The molecule has 16 heavy (non-hydrogen) atoms. The highest BCUT2D eigenvalue weighted by molar-refractivity contribution is 5.78. The van der Waals surface area contributed by atoms with E-state index in [1.165, 1.54) is 0 Å². The Balaban J connectivity index is 1.82. The number of phenols is 1. The number of carbonyl (C=O) groups excluding carboxylic acids is 1. The Hall–Kier alpha value is -1.55. The van der Waals surface area contributed by atoms with E-state index in [1.807, 2.05) is 0 Å². The van der Waals surface area contributed by atoms with Crippen LogP contribution in [0.2, 0.25) is 0 Å². The molecule has 86 valence electrons. The van der Waals surface area contributed by atoms with Crippen LogP contribution in [-0.2, 0) is 16.1 Å². The number of aromatic hydroxyl groups is 1. The molecule has 2 N–H and O–H groups in total. The molecule has 1 aromatic carbocycles. The number of nitrogens with one attached hydrogen (secondary N) is 1. The number of rotatable bonds is 3. The highest BCUT2D eigenvalue weighted by Gasteiger charge is 2.22. The van der Waals surface area contributed by atoms with E-state index >= 15 is 0 Å². The minimum absolute atomic E-state index is 0.00267. The molecule has 1 heterocycles. The molecule has 1 saturated heterocycles. The first-order chi connectivity index (χ1) is 7.75. The van der Waals surface area contributed by atoms with Crippen molar-refractivity contribution < 1.29 is 14.6 Å². The Morgan fingerprint density at radius 3 is 2.81 bits per heavy atom. The molecule has 0 saturated carbocycles. The number of hydrogen-bond donors (Lipinski definition) is 2. The molecule has 0 aromatic heterocycles. The smallest absolute Gasteiger partial charge is 0.225 e. The molecular weight excluding hydrogens is 206 g/mol. The topological polar surface area (TPSA) is 58.6 Å². The lowest BCUT2D eigenvalue weighted by atomic mass is 10.1. The third-order valence-corrected chi connectivity index (χ3v) is 2.70. The van der Waals surface area contributed by atoms with Crippen molar-refractivity contribution in [2.45, 2.75) is 13.0 Å². The second-order valence-electron chi connectivity index (χ2n) is 3.94. The summed E-state index contributed by atoms with van der Waals surface area (Å²) in [4.78, 5) is 11.6. The molecule has 1 aliphatic rings. The monoisotopic (exact) mass is 221 g/mol. The predicted molar refractivity (Wildman–Crippen MR) is 58.9 cm³/mol. The van der Waals surface area contributed by atoms with E-state index in [1.54, 1.807) is 24.3 Å². The summed E-state index contributed by atoms with van der Waals surface area (Å²) in [7, 11) is 0. The first kappa shape index (κ1) is 11.0. The molecule has 4 heteroatoms. The van der Waals surface area contributed by atoms with Crippen LogP contribution in [0.3, 0.4) is 0 Å². The van der Waals surface area contributed by atoms with Gasteiger partial charge in [0.25, 0.3) is 0 Å². The number of benzene rings is 1. The summed E-state index contributed by atoms with van der Waals surface area (Å²) in [5, 5.41) is 12.0. The van der Waals surface area contributed by atoms with E-state index in [9.17, 15) is 4.79 Å². The van der Waals surface area contributed by atoms with Crippen molar-refractivity contribution in [3.8, 4) is 5.75 Å². The average molecular weight is 221 g/mol. The van der Waals surface area contributed by atoms with Gasteiger partial charge >= 0.3 is 0 Å². The Morgan fingerprint density at radius 2 is 2.19 bits per heavy atom. The molecule has 1 aliphatic heterocycles. The van der Waals surface area contributed by atoms with Crippen LogP contribution in [-0.4, -0.2) is 24.2 Å². The first-order valence-corrected chi connectivity index (χ1v) is 5.39. The maximum absolute atomic E-state index is 11.6. The SMILES string of the molecule is O=C(NCc1ccc(O)cc1)C1CCOC1. The molecule has 0 radical (unpaired) electrons. The van der Waals surface area contributed by atoms with Crippen molar-refractivity contribution in [3.63, 3.8) is 0 Å². The van der Waals surface area contributed by atoms with Gasteiger partial charge in [0.1, 0.15) is 5.75 Å². The van der Waals surface area contributed by atoms with Crippen molar-refractivity contribution in [2.75, 3.05) is 13.2 Å². The van der Waals surface area contributed by atoms with Gasteiger partial charge in [-0.1, -0.05) is 12.1 Å². The summed E-state index contributed by atoms with van der Waals surface area (Å²) in [6, 6.07) is 6.81. The van der Waals surface area contributed by atoms with Crippen LogP contribution < -0.4 is 5.32 Å². The third kappa shape index (κ3) is 2.73. The van der Waals surface area contributed by atoms with Crippen molar-refractivity contribution in [2.24, 2.45) is 5.92 Å². The second-order valence-corrected chi connectivity index (χ2v) is 3.94. The van der Waals surface area contributed by atoms with Crippen LogP contribution in [0.4, 0.5) is 0 Å². The lowest BCUT2D eigenvalue weighted by Crippen LogP contribution is -2.30. The highest BCUT2D eigenvalue weighted by atomic mass is 16.5. The largest absolute Gasteiger partial charge is 0.508 e. The van der Waals surface area contributed by atoms with Crippen LogP contribution in [0.5, 0.6) is 5.75 Å². The third-order valence-electron chi connectivity index (χ3n) is 2.70. The lowest BCUT2D eigenvalue weighted by molar-refractivity contribution is -0.125. The molecule has 0 spiro atoms. The highest BCUT2D eigenvalue weighted by Crippen LogP contribution is 2.13. The van der Waals surface area contributed by atoms with E-state index < -0.39 is 0 Å². The van der Waals surface area contributed by atoms with Crippen LogP contribution >= 0.6 is 0 Å². The maximum Gasteiger partial charge on any atom is 0.225 e. The molecule has 0 aliphatic carbocycles. The Morgan fingerprint density at radius 1 is 1.44 bits per heavy atom. The summed E-state index contributed by atoms with van der Waals surface area (Å²) < 4.78 is 5.15. The average Bonchev–Trinajstić information content (AvgIpc) is 2.81. The van der Waals surface area contributed by atoms with Crippen molar-refractivity contribution in [3.05, 3.63) is 29.8 Å². The van der Waals surface area contributed by atoms with Gasteiger partial charge in [-0.2, -0.15) is 0 Å². The van der Waals surface area contributed by atoms with Gasteiger partial charge < -0.3 is 15.2 Å². The normalized spacial score (nSPS) is 19.6. The van der Waals surface area contributed by atoms with E-state index in [-0.39, 0.29) is 17.6 Å². The number of ether oxygens (including phenoxy) is 1. The molecular formula is C12H15NO3. The van der Waals surface area contributed by atoms with Gasteiger partial charge in [-0.3, -0.25) is 4.79 Å². The molecule has 1 aromatic rings. The van der Waals surface area contributed by atoms with E-state index in [2.05, 4.69) is 5.32 Å². The number of amides is 1. The zero-order chi connectivity index (χ0) is 11.4. The quantitative estimate of drug-likeness (QED) is 0.802. The standard InChI is InChI=1S/C12H15NO3/c14-11-3-1-9(2-4-11)7-13-12(15)10-5-6-16-8-10/h1-4,10,14H,5-8H2,(H,13,15). The Kier molecular flexibility index (Phi) is 3.41. The van der Waals surface area contributed by atoms with Crippen LogP contribution in [0.15, 0.2) is 24.3 Å². The van der Waals surface area contributed by atoms with Crippen LogP contribution in [0.25, 0.3) is 0 Å². The zero-order valence-corrected chi connectivity index (χ0v) is 8.98. The van der Waals surface area contributed by atoms with Crippen LogP contribution in [0.1, 0.15) is 12.0 Å². The summed E-state index contributed by atoms with van der Waals surface area (Å²) in [6.07, 6.45) is 0.807. The van der Waals surface area contributed by atoms with Gasteiger partial charge in [0, 0.05) is 13.2 Å². The molecule has 1 fully saturated rings. The van der Waals surface area contributed by atoms with Gasteiger partial charge in [0.2, 0.25) is 5.91 Å². The molecule has 1 amide bonds. The minimum Gasteiger partial charge on any atom is -0.508 e. The summed E-state index contributed by atoms with van der Waals surface area (Å²) in [5.41, 5.74) is 0.977. The fourth-order valence-corrected chi connectivity index (χ4v) is 1.69. The summed E-state index contributed by atoms with van der Waals surface area (Å²) in [5.74, 6) is 0.280. The predicted octanol–water partition coefficient (Wildman–Crippen LogP) is 1.04. The molecule has 2 rings (SSSR count). The molecule has 0 bridgehead atoms. The molecule has 1 atom stereocenters. The Labute approximate surface area is 94.2 Å². The number of phenolic OH excluding ortho intramolecular Hbond substituents is 1. The van der Waals surface area contributed by atoms with E-state index in [0.29, 0.717) is 19.8 Å². The minimum atomic E-state index is -0.00267. The maximum atomic E-state index is 11.6. The molecule has 1 unspecified atom stereocenters. The van der Waals surface area contributed by atoms with Crippen molar-refractivity contribution >= 4 is 5.91 Å². The van der Waals surface area contributed by atoms with Crippen LogP contribution in [0, 0.1) is 5.92 Å². The van der Waals surface area contributed by atoms with Gasteiger partial charge in [-0.25, -0.2) is 0 Å². The van der Waals surface area contributed by atoms with Gasteiger partial charge in [-0.15, -0.1) is 0 Å². The fourth-order valence-electron chi connectivity index (χ4n) is 1.69. The summed E-state index contributed by atoms with van der Waals surface area (Å²) >= 11 is 0. The summed E-state index contributed by atoms with van der Waals surface area (Å²) in [6.45, 7) is 1.70. The molecule has 4 nitrogen and oxygen atoms in total. The van der Waals surface area contributed by atoms with Crippen molar-refractivity contribution in [1.82, 2.24) is 5.32 Å². The first-order valence-electron chi connectivity index (χ1n) is 5.39. The lowest BCUT2D eigenvalue weighted by Gasteiger charge is -2.09. The second kappa shape index (κ2) is 4.99. The number of carbonyl (C=O) groups is 1. The van der Waals surface area contributed by atoms with Crippen molar-refractivity contribution in [1.29, 1.82) is 0 Å². The Bertz CT molecular complexity index is 355. The zero-order valence-electron chi connectivity index (χ0n) is 8.98.